The van der Waals surface area contributed by atoms with Crippen molar-refractivity contribution in [1.29, 1.82) is 0 Å². The molecular formula is C16H18N2O4S. The van der Waals surface area contributed by atoms with E-state index in [2.05, 4.69) is 10.3 Å². The summed E-state index contributed by atoms with van der Waals surface area (Å²) in [5.41, 5.74) is 1.89. The Bertz CT molecular complexity index is 727. The molecule has 1 unspecified atom stereocenters. The van der Waals surface area contributed by atoms with Gasteiger partial charge >= 0.3 is 5.97 Å². The van der Waals surface area contributed by atoms with E-state index in [4.69, 9.17) is 9.84 Å². The number of ether oxygens (including phenoxy) is 1. The summed E-state index contributed by atoms with van der Waals surface area (Å²) in [6.45, 7) is 3.86. The topological polar surface area (TPSA) is 88.5 Å². The quantitative estimate of drug-likeness (QED) is 0.848. The summed E-state index contributed by atoms with van der Waals surface area (Å²) in [6, 6.07) is 6.79. The number of aryl methyl sites for hydroxylation is 1. The first-order chi connectivity index (χ1) is 10.9. The summed E-state index contributed by atoms with van der Waals surface area (Å²) in [5, 5.41) is 12.5. The Hall–Kier alpha value is -2.25. The molecule has 0 bridgehead atoms. The van der Waals surface area contributed by atoms with Crippen molar-refractivity contribution in [1.82, 2.24) is 10.3 Å². The number of amides is 1. The molecule has 1 amide bonds. The van der Waals surface area contributed by atoms with Gasteiger partial charge in [0.2, 0.25) is 0 Å². The van der Waals surface area contributed by atoms with Crippen LogP contribution in [0.5, 0.6) is 0 Å². The van der Waals surface area contributed by atoms with Crippen LogP contribution in [-0.2, 0) is 11.3 Å². The van der Waals surface area contributed by atoms with E-state index < -0.39 is 5.97 Å². The number of hydrogen-bond acceptors (Lipinski definition) is 5. The number of methoxy groups -OCH3 is 1. The Morgan fingerprint density at radius 3 is 2.78 bits per heavy atom. The molecule has 23 heavy (non-hydrogen) atoms. The summed E-state index contributed by atoms with van der Waals surface area (Å²) >= 11 is 1.08. The van der Waals surface area contributed by atoms with Crippen LogP contribution < -0.4 is 5.32 Å². The number of carboxylic acid groups (broad SMARTS) is 1. The monoisotopic (exact) mass is 334 g/mol. The molecule has 1 aromatic carbocycles. The average molecular weight is 334 g/mol. The van der Waals surface area contributed by atoms with Crippen molar-refractivity contribution in [2.24, 2.45) is 0 Å². The van der Waals surface area contributed by atoms with Crippen molar-refractivity contribution in [2.45, 2.75) is 26.5 Å². The van der Waals surface area contributed by atoms with Crippen LogP contribution >= 0.6 is 11.3 Å². The molecule has 7 heteroatoms. The van der Waals surface area contributed by atoms with Crippen LogP contribution in [0.2, 0.25) is 0 Å². The first-order valence-electron chi connectivity index (χ1n) is 7.01. The zero-order valence-electron chi connectivity index (χ0n) is 13.1. The molecule has 0 saturated carbocycles. The van der Waals surface area contributed by atoms with Gasteiger partial charge in [0.1, 0.15) is 9.88 Å². The smallest absolute Gasteiger partial charge is 0.347 e. The number of nitrogens with zero attached hydrogens (tertiary/aromatic N) is 1. The van der Waals surface area contributed by atoms with E-state index in [0.717, 1.165) is 16.9 Å². The van der Waals surface area contributed by atoms with Crippen LogP contribution in [0.15, 0.2) is 24.3 Å². The van der Waals surface area contributed by atoms with Crippen molar-refractivity contribution >= 4 is 23.2 Å². The summed E-state index contributed by atoms with van der Waals surface area (Å²) in [5.74, 6) is -1.24. The SMILES string of the molecule is COCc1cccc(C(=O)NC(C)c2nc(C)c(C(=O)O)s2)c1. The van der Waals surface area contributed by atoms with Crippen LogP contribution in [0.4, 0.5) is 0 Å². The Morgan fingerprint density at radius 2 is 2.17 bits per heavy atom. The van der Waals surface area contributed by atoms with Crippen LogP contribution in [-0.4, -0.2) is 29.1 Å². The number of carboxylic acids is 1. The Morgan fingerprint density at radius 1 is 1.43 bits per heavy atom. The van der Waals surface area contributed by atoms with E-state index in [1.165, 1.54) is 0 Å². The Kier molecular flexibility index (Phi) is 5.46. The second-order valence-electron chi connectivity index (χ2n) is 5.10. The highest BCUT2D eigenvalue weighted by Gasteiger charge is 2.19. The highest BCUT2D eigenvalue weighted by Crippen LogP contribution is 2.23. The fourth-order valence-electron chi connectivity index (χ4n) is 2.11. The molecule has 0 fully saturated rings. The molecule has 0 radical (unpaired) electrons. The molecule has 0 aliphatic heterocycles. The van der Waals surface area contributed by atoms with Gasteiger partial charge in [-0.25, -0.2) is 9.78 Å². The van der Waals surface area contributed by atoms with Gasteiger partial charge in [-0.1, -0.05) is 12.1 Å². The van der Waals surface area contributed by atoms with Gasteiger partial charge < -0.3 is 15.2 Å². The van der Waals surface area contributed by atoms with Gasteiger partial charge in [0.05, 0.1) is 18.3 Å². The normalized spacial score (nSPS) is 12.0. The third kappa shape index (κ3) is 4.14. The molecule has 1 aromatic heterocycles. The first-order valence-corrected chi connectivity index (χ1v) is 7.83. The molecule has 122 valence electrons. The van der Waals surface area contributed by atoms with Gasteiger partial charge in [0.25, 0.3) is 5.91 Å². The third-order valence-electron chi connectivity index (χ3n) is 3.23. The van der Waals surface area contributed by atoms with Gasteiger partial charge in [-0.05, 0) is 31.5 Å². The number of nitrogens with one attached hydrogen (secondary N) is 1. The van der Waals surface area contributed by atoms with E-state index in [1.54, 1.807) is 39.2 Å². The zero-order chi connectivity index (χ0) is 17.0. The van der Waals surface area contributed by atoms with Crippen LogP contribution in [0.1, 0.15) is 49.3 Å². The van der Waals surface area contributed by atoms with E-state index >= 15 is 0 Å². The van der Waals surface area contributed by atoms with Crippen molar-refractivity contribution in [2.75, 3.05) is 7.11 Å². The van der Waals surface area contributed by atoms with Gasteiger partial charge in [-0.2, -0.15) is 0 Å². The maximum atomic E-state index is 12.3. The summed E-state index contributed by atoms with van der Waals surface area (Å²) < 4.78 is 5.06. The van der Waals surface area contributed by atoms with E-state index in [1.807, 2.05) is 6.07 Å². The van der Waals surface area contributed by atoms with E-state index in [-0.39, 0.29) is 16.8 Å². The molecule has 0 spiro atoms. The van der Waals surface area contributed by atoms with E-state index in [9.17, 15) is 9.59 Å². The standard InChI is InChI=1S/C16H18N2O4S/c1-9-13(16(20)21)23-15(18-9)10(2)17-14(19)12-6-4-5-11(7-12)8-22-3/h4-7,10H,8H2,1-3H3,(H,17,19)(H,20,21). The van der Waals surface area contributed by atoms with Gasteiger partial charge in [0, 0.05) is 12.7 Å². The van der Waals surface area contributed by atoms with Crippen LogP contribution in [0.25, 0.3) is 0 Å². The predicted molar refractivity (Wildman–Crippen MR) is 86.8 cm³/mol. The molecule has 6 nitrogen and oxygen atoms in total. The van der Waals surface area contributed by atoms with Gasteiger partial charge in [-0.15, -0.1) is 11.3 Å². The first kappa shape index (κ1) is 17.1. The second kappa shape index (κ2) is 7.34. The molecule has 0 saturated heterocycles. The van der Waals surface area contributed by atoms with Crippen molar-refractivity contribution < 1.29 is 19.4 Å². The molecule has 0 aliphatic rings. The molecular weight excluding hydrogens is 316 g/mol. The third-order valence-corrected chi connectivity index (χ3v) is 4.55. The Labute approximate surface area is 138 Å². The fraction of sp³-hybridized carbons (Fsp3) is 0.312. The highest BCUT2D eigenvalue weighted by atomic mass is 32.1. The fourth-order valence-corrected chi connectivity index (χ4v) is 3.02. The Balaban J connectivity index is 2.11. The summed E-state index contributed by atoms with van der Waals surface area (Å²) in [6.07, 6.45) is 0. The lowest BCUT2D eigenvalue weighted by atomic mass is 10.1. The lowest BCUT2D eigenvalue weighted by Gasteiger charge is -2.12. The predicted octanol–water partition coefficient (Wildman–Crippen LogP) is 2.79. The van der Waals surface area contributed by atoms with Crippen molar-refractivity contribution in [3.63, 3.8) is 0 Å². The lowest BCUT2D eigenvalue weighted by Crippen LogP contribution is -2.26. The van der Waals surface area contributed by atoms with Gasteiger partial charge in [-0.3, -0.25) is 4.79 Å². The molecule has 1 heterocycles. The van der Waals surface area contributed by atoms with Crippen molar-refractivity contribution in [3.8, 4) is 0 Å². The molecule has 2 rings (SSSR count). The lowest BCUT2D eigenvalue weighted by molar-refractivity contribution is 0.0701. The molecule has 2 N–H and O–H groups in total. The minimum Gasteiger partial charge on any atom is -0.477 e. The van der Waals surface area contributed by atoms with Crippen LogP contribution in [0, 0.1) is 6.92 Å². The minimum atomic E-state index is -1.00. The zero-order valence-corrected chi connectivity index (χ0v) is 13.9. The van der Waals surface area contributed by atoms with Gasteiger partial charge in [0.15, 0.2) is 0 Å². The number of aromatic carboxylic acids is 1. The summed E-state index contributed by atoms with van der Waals surface area (Å²) in [7, 11) is 1.60. The molecule has 2 aromatic rings. The number of aromatic nitrogens is 1. The largest absolute Gasteiger partial charge is 0.477 e. The molecule has 0 aliphatic carbocycles. The number of hydrogen-bond donors (Lipinski definition) is 2. The maximum Gasteiger partial charge on any atom is 0.347 e. The number of rotatable bonds is 6. The van der Waals surface area contributed by atoms with E-state index in [0.29, 0.717) is 22.9 Å². The number of thiazole rings is 1. The summed E-state index contributed by atoms with van der Waals surface area (Å²) in [4.78, 5) is 27.8. The number of benzene rings is 1. The van der Waals surface area contributed by atoms with Crippen LogP contribution in [0.3, 0.4) is 0 Å². The van der Waals surface area contributed by atoms with Crippen molar-refractivity contribution in [3.05, 3.63) is 51.0 Å². The molecule has 1 atom stereocenters. The average Bonchev–Trinajstić information content (AvgIpc) is 2.90. The highest BCUT2D eigenvalue weighted by molar-refractivity contribution is 7.13. The number of carbonyl (C=O) groups is 2. The minimum absolute atomic E-state index is 0.197. The second-order valence-corrected chi connectivity index (χ2v) is 6.13. The maximum absolute atomic E-state index is 12.3. The number of carbonyl (C=O) groups excluding carboxylic acids is 1.